The number of para-hydroxylation sites is 3. The first-order valence-electron chi connectivity index (χ1n) is 16.6. The van der Waals surface area contributed by atoms with Crippen LogP contribution in [0, 0.1) is 0 Å². The summed E-state index contributed by atoms with van der Waals surface area (Å²) in [5.41, 5.74) is 11.3. The highest BCUT2D eigenvalue weighted by Gasteiger charge is 2.20. The quantitative estimate of drug-likeness (QED) is 0.190. The summed E-state index contributed by atoms with van der Waals surface area (Å²) in [7, 11) is 0. The number of hydrogen-bond donors (Lipinski definition) is 0. The fraction of sp³-hybridized carbons (Fsp3) is 0. The van der Waals surface area contributed by atoms with Crippen LogP contribution >= 0.6 is 0 Å². The Kier molecular flexibility index (Phi) is 6.18. The number of nitrogens with zero attached hydrogens (tertiary/aromatic N) is 1. The minimum absolute atomic E-state index is 0.861. The Hall–Kier alpha value is -6.58. The summed E-state index contributed by atoms with van der Waals surface area (Å²) in [6, 6.07) is 62.1. The second-order valence-electron chi connectivity index (χ2n) is 12.5. The van der Waals surface area contributed by atoms with Crippen molar-refractivity contribution in [2.24, 2.45) is 0 Å². The molecular formula is C46H29NO2. The number of rotatable bonds is 5. The van der Waals surface area contributed by atoms with Gasteiger partial charge in [-0.25, -0.2) is 0 Å². The van der Waals surface area contributed by atoms with Gasteiger partial charge < -0.3 is 13.7 Å². The topological polar surface area (TPSA) is 29.5 Å². The van der Waals surface area contributed by atoms with Gasteiger partial charge in [-0.05, 0) is 82.1 Å². The lowest BCUT2D eigenvalue weighted by atomic mass is 9.97. The number of furan rings is 2. The van der Waals surface area contributed by atoms with E-state index in [2.05, 4.69) is 157 Å². The van der Waals surface area contributed by atoms with Crippen LogP contribution in [0.3, 0.4) is 0 Å². The Bertz CT molecular complexity index is 2830. The molecule has 8 aromatic carbocycles. The molecule has 49 heavy (non-hydrogen) atoms. The van der Waals surface area contributed by atoms with Crippen molar-refractivity contribution in [3.8, 4) is 22.3 Å². The first-order valence-corrected chi connectivity index (χ1v) is 16.6. The first kappa shape index (κ1) is 27.5. The third-order valence-corrected chi connectivity index (χ3v) is 9.68. The molecule has 0 aliphatic carbocycles. The molecule has 0 bridgehead atoms. The Morgan fingerprint density at radius 2 is 0.898 bits per heavy atom. The highest BCUT2D eigenvalue weighted by atomic mass is 16.3. The van der Waals surface area contributed by atoms with Gasteiger partial charge in [-0.15, -0.1) is 0 Å². The van der Waals surface area contributed by atoms with Gasteiger partial charge in [0.25, 0.3) is 0 Å². The van der Waals surface area contributed by atoms with Crippen molar-refractivity contribution in [3.63, 3.8) is 0 Å². The fourth-order valence-corrected chi connectivity index (χ4v) is 7.35. The van der Waals surface area contributed by atoms with Crippen molar-refractivity contribution in [1.82, 2.24) is 0 Å². The SMILES string of the molecule is c1ccc(N(c2ccc(-c3cccc4ccccc34)cc2)c2ccc3c(c2)oc2ccccc23)c(-c2ccc3oc4ccccc4c3c2)c1. The van der Waals surface area contributed by atoms with Gasteiger partial charge in [0.05, 0.1) is 5.69 Å². The zero-order valence-electron chi connectivity index (χ0n) is 26.5. The molecule has 230 valence electrons. The van der Waals surface area contributed by atoms with Gasteiger partial charge in [-0.2, -0.15) is 0 Å². The summed E-state index contributed by atoms with van der Waals surface area (Å²) in [4.78, 5) is 2.34. The highest BCUT2D eigenvalue weighted by Crippen LogP contribution is 2.44. The van der Waals surface area contributed by atoms with Crippen LogP contribution in [0.2, 0.25) is 0 Å². The zero-order valence-corrected chi connectivity index (χ0v) is 26.5. The van der Waals surface area contributed by atoms with Crippen LogP contribution in [0.5, 0.6) is 0 Å². The van der Waals surface area contributed by atoms with Gasteiger partial charge in [0, 0.05) is 44.5 Å². The van der Waals surface area contributed by atoms with E-state index in [4.69, 9.17) is 8.83 Å². The van der Waals surface area contributed by atoms with E-state index in [-0.39, 0.29) is 0 Å². The van der Waals surface area contributed by atoms with Crippen LogP contribution in [0.1, 0.15) is 0 Å². The van der Waals surface area contributed by atoms with Crippen molar-refractivity contribution in [1.29, 1.82) is 0 Å². The Morgan fingerprint density at radius 1 is 0.327 bits per heavy atom. The molecule has 10 aromatic rings. The Balaban J connectivity index is 1.16. The number of hydrogen-bond acceptors (Lipinski definition) is 3. The molecule has 0 saturated heterocycles. The molecule has 0 N–H and O–H groups in total. The number of fused-ring (bicyclic) bond motifs is 7. The van der Waals surface area contributed by atoms with Crippen LogP contribution < -0.4 is 4.90 Å². The van der Waals surface area contributed by atoms with E-state index in [1.807, 2.05) is 24.3 Å². The standard InChI is InChI=1S/C46H29NO2/c1-2-12-35-30(10-1)11-9-16-36(35)31-20-23-33(24-21-31)47(34-25-26-40-38-14-4-7-18-43(38)49-46(40)29-34)42-17-6-3-13-37(42)32-22-27-45-41(28-32)39-15-5-8-19-44(39)48-45/h1-29H. The predicted octanol–water partition coefficient (Wildman–Crippen LogP) is 13.4. The molecule has 3 nitrogen and oxygen atoms in total. The van der Waals surface area contributed by atoms with Gasteiger partial charge in [0.2, 0.25) is 0 Å². The molecule has 0 spiro atoms. The van der Waals surface area contributed by atoms with Crippen LogP contribution in [-0.4, -0.2) is 0 Å². The molecule has 0 atom stereocenters. The van der Waals surface area contributed by atoms with E-state index >= 15 is 0 Å². The fourth-order valence-electron chi connectivity index (χ4n) is 7.35. The molecule has 3 heteroatoms. The number of benzene rings is 8. The molecule has 0 radical (unpaired) electrons. The first-order chi connectivity index (χ1) is 24.3. The maximum Gasteiger partial charge on any atom is 0.137 e. The average Bonchev–Trinajstić information content (AvgIpc) is 3.73. The van der Waals surface area contributed by atoms with Crippen molar-refractivity contribution >= 4 is 71.7 Å². The van der Waals surface area contributed by atoms with Crippen LogP contribution in [0.25, 0.3) is 76.9 Å². The van der Waals surface area contributed by atoms with Gasteiger partial charge in [0.15, 0.2) is 0 Å². The molecule has 0 saturated carbocycles. The second kappa shape index (κ2) is 11.0. The summed E-state index contributed by atoms with van der Waals surface area (Å²) in [5, 5.41) is 6.94. The van der Waals surface area contributed by atoms with Gasteiger partial charge in [0.1, 0.15) is 22.3 Å². The second-order valence-corrected chi connectivity index (χ2v) is 12.5. The largest absolute Gasteiger partial charge is 0.456 e. The van der Waals surface area contributed by atoms with Crippen molar-refractivity contribution in [2.75, 3.05) is 4.90 Å². The molecule has 0 amide bonds. The summed E-state index contributed by atoms with van der Waals surface area (Å²) in [6.45, 7) is 0. The molecule has 0 aliphatic heterocycles. The normalized spacial score (nSPS) is 11.7. The maximum absolute atomic E-state index is 6.39. The van der Waals surface area contributed by atoms with Crippen LogP contribution in [-0.2, 0) is 0 Å². The molecule has 10 rings (SSSR count). The van der Waals surface area contributed by atoms with E-state index in [9.17, 15) is 0 Å². The van der Waals surface area contributed by atoms with Crippen LogP contribution in [0.4, 0.5) is 17.1 Å². The van der Waals surface area contributed by atoms with E-state index in [0.29, 0.717) is 0 Å². The Morgan fingerprint density at radius 3 is 1.73 bits per heavy atom. The molecular weight excluding hydrogens is 599 g/mol. The van der Waals surface area contributed by atoms with E-state index < -0.39 is 0 Å². The maximum atomic E-state index is 6.39. The van der Waals surface area contributed by atoms with Gasteiger partial charge in [-0.1, -0.05) is 115 Å². The van der Waals surface area contributed by atoms with Crippen molar-refractivity contribution < 1.29 is 8.83 Å². The Labute approximate surface area is 282 Å². The molecule has 0 aliphatic rings. The summed E-state index contributed by atoms with van der Waals surface area (Å²) < 4.78 is 12.6. The van der Waals surface area contributed by atoms with Crippen molar-refractivity contribution in [2.45, 2.75) is 0 Å². The predicted molar refractivity (Wildman–Crippen MR) is 204 cm³/mol. The number of anilines is 3. The minimum Gasteiger partial charge on any atom is -0.456 e. The van der Waals surface area contributed by atoms with E-state index in [1.165, 1.54) is 21.9 Å². The summed E-state index contributed by atoms with van der Waals surface area (Å²) in [5.74, 6) is 0. The van der Waals surface area contributed by atoms with Gasteiger partial charge in [-0.3, -0.25) is 0 Å². The monoisotopic (exact) mass is 627 g/mol. The molecule has 0 fully saturated rings. The molecule has 2 aromatic heterocycles. The van der Waals surface area contributed by atoms with Crippen LogP contribution in [0.15, 0.2) is 185 Å². The minimum atomic E-state index is 0.861. The summed E-state index contributed by atoms with van der Waals surface area (Å²) >= 11 is 0. The third-order valence-electron chi connectivity index (χ3n) is 9.68. The van der Waals surface area contributed by atoms with E-state index in [0.717, 1.165) is 72.1 Å². The highest BCUT2D eigenvalue weighted by molar-refractivity contribution is 6.08. The van der Waals surface area contributed by atoms with Crippen molar-refractivity contribution in [3.05, 3.63) is 176 Å². The molecule has 0 unspecified atom stereocenters. The summed E-state index contributed by atoms with van der Waals surface area (Å²) in [6.07, 6.45) is 0. The molecule has 2 heterocycles. The third kappa shape index (κ3) is 4.51. The van der Waals surface area contributed by atoms with E-state index in [1.54, 1.807) is 0 Å². The average molecular weight is 628 g/mol. The van der Waals surface area contributed by atoms with Gasteiger partial charge >= 0.3 is 0 Å². The zero-order chi connectivity index (χ0) is 32.3. The lowest BCUT2D eigenvalue weighted by Crippen LogP contribution is -2.11. The smallest absolute Gasteiger partial charge is 0.137 e. The lowest BCUT2D eigenvalue weighted by molar-refractivity contribution is 0.668. The lowest BCUT2D eigenvalue weighted by Gasteiger charge is -2.28.